The summed E-state index contributed by atoms with van der Waals surface area (Å²) in [6.45, 7) is 1.33. The van der Waals surface area contributed by atoms with Crippen molar-refractivity contribution in [1.82, 2.24) is 5.32 Å². The smallest absolute Gasteiger partial charge is 0.0820 e. The van der Waals surface area contributed by atoms with Gasteiger partial charge in [-0.05, 0) is 18.8 Å². The molecule has 3 nitrogen and oxygen atoms in total. The standard InChI is InChI=1S/C10H19NO2S/c12-9-5-11-6-10(9)14(13)7-8-3-1-2-4-8/h8-12H,1-7H2. The number of nitrogens with one attached hydrogen (secondary N) is 1. The van der Waals surface area contributed by atoms with E-state index in [0.29, 0.717) is 12.5 Å². The topological polar surface area (TPSA) is 49.3 Å². The van der Waals surface area contributed by atoms with Gasteiger partial charge < -0.3 is 10.4 Å². The van der Waals surface area contributed by atoms with E-state index in [-0.39, 0.29) is 5.25 Å². The van der Waals surface area contributed by atoms with E-state index in [1.54, 1.807) is 0 Å². The van der Waals surface area contributed by atoms with Gasteiger partial charge in [-0.15, -0.1) is 0 Å². The second kappa shape index (κ2) is 4.73. The fraction of sp³-hybridized carbons (Fsp3) is 1.00. The monoisotopic (exact) mass is 217 g/mol. The van der Waals surface area contributed by atoms with Crippen LogP contribution >= 0.6 is 0 Å². The lowest BCUT2D eigenvalue weighted by molar-refractivity contribution is 0.199. The number of aliphatic hydroxyl groups excluding tert-OH is 1. The maximum Gasteiger partial charge on any atom is 0.0820 e. The van der Waals surface area contributed by atoms with Gasteiger partial charge in [0.15, 0.2) is 0 Å². The molecule has 1 heterocycles. The predicted molar refractivity (Wildman–Crippen MR) is 57.6 cm³/mol. The van der Waals surface area contributed by atoms with Crippen LogP contribution in [0.3, 0.4) is 0 Å². The van der Waals surface area contributed by atoms with Crippen molar-refractivity contribution in [3.63, 3.8) is 0 Å². The molecule has 1 saturated carbocycles. The molecule has 0 bridgehead atoms. The van der Waals surface area contributed by atoms with E-state index < -0.39 is 16.9 Å². The van der Waals surface area contributed by atoms with Crippen molar-refractivity contribution in [3.8, 4) is 0 Å². The molecular weight excluding hydrogens is 198 g/mol. The first-order valence-electron chi connectivity index (χ1n) is 5.53. The van der Waals surface area contributed by atoms with Crippen LogP contribution in [0.2, 0.25) is 0 Å². The van der Waals surface area contributed by atoms with Gasteiger partial charge in [0.2, 0.25) is 0 Å². The first-order chi connectivity index (χ1) is 6.77. The Balaban J connectivity index is 1.82. The summed E-state index contributed by atoms with van der Waals surface area (Å²) in [5, 5.41) is 12.6. The molecule has 2 aliphatic rings. The first-order valence-corrected chi connectivity index (χ1v) is 6.91. The SMILES string of the molecule is O=S(CC1CCCC1)C1CNCC1O. The first kappa shape index (κ1) is 10.6. The summed E-state index contributed by atoms with van der Waals surface area (Å²) in [7, 11) is -0.828. The summed E-state index contributed by atoms with van der Waals surface area (Å²) >= 11 is 0. The molecule has 0 spiro atoms. The zero-order chi connectivity index (χ0) is 9.97. The van der Waals surface area contributed by atoms with Crippen LogP contribution in [-0.2, 0) is 10.8 Å². The Bertz CT molecular complexity index is 216. The lowest BCUT2D eigenvalue weighted by Gasteiger charge is -2.15. The van der Waals surface area contributed by atoms with Crippen LogP contribution in [-0.4, -0.2) is 39.5 Å². The largest absolute Gasteiger partial charge is 0.390 e. The molecule has 0 aromatic heterocycles. The molecule has 0 radical (unpaired) electrons. The fourth-order valence-electron chi connectivity index (χ4n) is 2.44. The molecule has 4 heteroatoms. The highest BCUT2D eigenvalue weighted by Gasteiger charge is 2.31. The Morgan fingerprint density at radius 2 is 2.00 bits per heavy atom. The van der Waals surface area contributed by atoms with Crippen molar-refractivity contribution < 1.29 is 9.32 Å². The Morgan fingerprint density at radius 3 is 2.57 bits per heavy atom. The Kier molecular flexibility index (Phi) is 3.57. The van der Waals surface area contributed by atoms with Crippen LogP contribution in [0, 0.1) is 5.92 Å². The summed E-state index contributed by atoms with van der Waals surface area (Å²) in [4.78, 5) is 0. The lowest BCUT2D eigenvalue weighted by atomic mass is 10.1. The van der Waals surface area contributed by atoms with E-state index in [1.165, 1.54) is 25.7 Å². The molecule has 2 N–H and O–H groups in total. The van der Waals surface area contributed by atoms with E-state index >= 15 is 0 Å². The van der Waals surface area contributed by atoms with Gasteiger partial charge in [0.05, 0.1) is 11.4 Å². The third-order valence-corrected chi connectivity index (χ3v) is 5.30. The maximum absolute atomic E-state index is 11.9. The molecule has 2 rings (SSSR count). The van der Waals surface area contributed by atoms with Gasteiger partial charge in [-0.3, -0.25) is 4.21 Å². The van der Waals surface area contributed by atoms with Gasteiger partial charge in [0.25, 0.3) is 0 Å². The van der Waals surface area contributed by atoms with E-state index in [0.717, 1.165) is 12.3 Å². The zero-order valence-electron chi connectivity index (χ0n) is 8.45. The van der Waals surface area contributed by atoms with Crippen molar-refractivity contribution >= 4 is 10.8 Å². The predicted octanol–water partition coefficient (Wildman–Crippen LogP) is 0.258. The second-order valence-corrected chi connectivity index (χ2v) is 6.16. The summed E-state index contributed by atoms with van der Waals surface area (Å²) < 4.78 is 11.9. The summed E-state index contributed by atoms with van der Waals surface area (Å²) in [6, 6.07) is 0. The highest BCUT2D eigenvalue weighted by atomic mass is 32.2. The van der Waals surface area contributed by atoms with Gasteiger partial charge in [0.1, 0.15) is 0 Å². The number of rotatable bonds is 3. The molecular formula is C10H19NO2S. The van der Waals surface area contributed by atoms with Crippen LogP contribution in [0.1, 0.15) is 25.7 Å². The maximum atomic E-state index is 11.9. The van der Waals surface area contributed by atoms with Crippen LogP contribution in [0.15, 0.2) is 0 Å². The average Bonchev–Trinajstić information content (AvgIpc) is 2.75. The highest BCUT2D eigenvalue weighted by Crippen LogP contribution is 2.26. The highest BCUT2D eigenvalue weighted by molar-refractivity contribution is 7.85. The third-order valence-electron chi connectivity index (χ3n) is 3.34. The van der Waals surface area contributed by atoms with Crippen LogP contribution in [0.5, 0.6) is 0 Å². The van der Waals surface area contributed by atoms with Crippen molar-refractivity contribution in [2.24, 2.45) is 5.92 Å². The van der Waals surface area contributed by atoms with Crippen molar-refractivity contribution in [2.75, 3.05) is 18.8 Å². The van der Waals surface area contributed by atoms with E-state index in [9.17, 15) is 9.32 Å². The van der Waals surface area contributed by atoms with Gasteiger partial charge in [-0.25, -0.2) is 0 Å². The minimum atomic E-state index is -0.828. The normalized spacial score (nSPS) is 36.4. The minimum absolute atomic E-state index is 0.0180. The van der Waals surface area contributed by atoms with Crippen LogP contribution in [0.25, 0.3) is 0 Å². The Morgan fingerprint density at radius 1 is 1.29 bits per heavy atom. The summed E-state index contributed by atoms with van der Waals surface area (Å²) in [5.41, 5.74) is 0. The molecule has 1 aliphatic carbocycles. The van der Waals surface area contributed by atoms with Gasteiger partial charge in [-0.1, -0.05) is 12.8 Å². The van der Waals surface area contributed by atoms with Crippen molar-refractivity contribution in [1.29, 1.82) is 0 Å². The number of aliphatic hydroxyl groups is 1. The zero-order valence-corrected chi connectivity index (χ0v) is 9.26. The molecule has 1 saturated heterocycles. The molecule has 1 aliphatic heterocycles. The minimum Gasteiger partial charge on any atom is -0.390 e. The van der Waals surface area contributed by atoms with Crippen molar-refractivity contribution in [3.05, 3.63) is 0 Å². The number of hydrogen-bond donors (Lipinski definition) is 2. The molecule has 3 unspecified atom stereocenters. The molecule has 0 aromatic carbocycles. The lowest BCUT2D eigenvalue weighted by Crippen LogP contribution is -2.31. The fourth-order valence-corrected chi connectivity index (χ4v) is 4.24. The third kappa shape index (κ3) is 2.35. The van der Waals surface area contributed by atoms with Crippen LogP contribution in [0.4, 0.5) is 0 Å². The van der Waals surface area contributed by atoms with Gasteiger partial charge in [0, 0.05) is 29.6 Å². The summed E-state index contributed by atoms with van der Waals surface area (Å²) in [5.74, 6) is 1.47. The number of β-amino-alcohol motifs (C(OH)–C–C–N with tert-alkyl or cyclic N) is 1. The molecule has 0 aromatic rings. The van der Waals surface area contributed by atoms with E-state index in [4.69, 9.17) is 0 Å². The van der Waals surface area contributed by atoms with E-state index in [1.807, 2.05) is 0 Å². The van der Waals surface area contributed by atoms with Gasteiger partial charge >= 0.3 is 0 Å². The Labute approximate surface area is 87.7 Å². The summed E-state index contributed by atoms with van der Waals surface area (Å²) in [6.07, 6.45) is 4.68. The molecule has 3 atom stereocenters. The van der Waals surface area contributed by atoms with Crippen molar-refractivity contribution in [2.45, 2.75) is 37.0 Å². The Hall–Kier alpha value is 0.0700. The van der Waals surface area contributed by atoms with Crippen LogP contribution < -0.4 is 5.32 Å². The second-order valence-electron chi connectivity index (χ2n) is 4.46. The van der Waals surface area contributed by atoms with Gasteiger partial charge in [-0.2, -0.15) is 0 Å². The quantitative estimate of drug-likeness (QED) is 0.713. The number of hydrogen-bond acceptors (Lipinski definition) is 3. The molecule has 2 fully saturated rings. The molecule has 14 heavy (non-hydrogen) atoms. The molecule has 82 valence electrons. The van der Waals surface area contributed by atoms with E-state index in [2.05, 4.69) is 5.32 Å². The molecule has 0 amide bonds. The average molecular weight is 217 g/mol.